The molecule has 1 aliphatic carbocycles. The van der Waals surface area contributed by atoms with Gasteiger partial charge in [-0.25, -0.2) is 4.68 Å². The molecule has 148 valence electrons. The van der Waals surface area contributed by atoms with E-state index >= 15 is 0 Å². The molecular formula is C23H30N4O. The lowest BCUT2D eigenvalue weighted by Crippen LogP contribution is -2.24. The molecule has 1 aromatic heterocycles. The van der Waals surface area contributed by atoms with Crippen LogP contribution in [0.5, 0.6) is 0 Å². The lowest BCUT2D eigenvalue weighted by molar-refractivity contribution is 0.00370. The summed E-state index contributed by atoms with van der Waals surface area (Å²) in [4.78, 5) is 2.32. The SMILES string of the molecule is Cc1cc(C#CCN(C)CC2CC2)ccc1-c1cn(C[C@H]2CCCCO2)nn1. The monoisotopic (exact) mass is 378 g/mol. The molecule has 1 aliphatic heterocycles. The van der Waals surface area contributed by atoms with Gasteiger partial charge in [-0.15, -0.1) is 5.10 Å². The lowest BCUT2D eigenvalue weighted by Gasteiger charge is -2.21. The molecule has 0 amide bonds. The molecule has 5 nitrogen and oxygen atoms in total. The second-order valence-corrected chi connectivity index (χ2v) is 8.29. The molecule has 4 rings (SSSR count). The smallest absolute Gasteiger partial charge is 0.113 e. The van der Waals surface area contributed by atoms with Crippen LogP contribution in [0, 0.1) is 24.7 Å². The number of benzene rings is 1. The number of aromatic nitrogens is 3. The number of ether oxygens (including phenoxy) is 1. The Morgan fingerprint density at radius 2 is 2.14 bits per heavy atom. The van der Waals surface area contributed by atoms with Crippen molar-refractivity contribution in [3.05, 3.63) is 35.5 Å². The van der Waals surface area contributed by atoms with Crippen LogP contribution in [0.3, 0.4) is 0 Å². The predicted octanol–water partition coefficient (Wildman–Crippen LogP) is 3.52. The summed E-state index contributed by atoms with van der Waals surface area (Å²) in [6.07, 6.45) is 8.58. The first-order chi connectivity index (χ1) is 13.7. The number of rotatable bonds is 6. The van der Waals surface area contributed by atoms with Crippen LogP contribution in [-0.2, 0) is 11.3 Å². The fourth-order valence-electron chi connectivity index (χ4n) is 3.78. The molecule has 2 heterocycles. The summed E-state index contributed by atoms with van der Waals surface area (Å²) < 4.78 is 7.72. The molecule has 1 aromatic carbocycles. The maximum Gasteiger partial charge on any atom is 0.113 e. The molecule has 2 fully saturated rings. The van der Waals surface area contributed by atoms with E-state index in [1.807, 2.05) is 10.9 Å². The Labute approximate surface area is 168 Å². The standard InChI is InChI=1S/C23H30N4O/c1-18-14-19(6-5-12-26(2)15-20-8-9-20)10-11-22(18)23-17-27(25-24-23)16-21-7-3-4-13-28-21/h10-11,14,17,20-21H,3-4,7-9,12-13,15-16H2,1-2H3/t21-/m1/s1. The summed E-state index contributed by atoms with van der Waals surface area (Å²) in [6, 6.07) is 6.34. The largest absolute Gasteiger partial charge is 0.376 e. The van der Waals surface area contributed by atoms with E-state index in [-0.39, 0.29) is 6.10 Å². The average Bonchev–Trinajstić information content (AvgIpc) is 3.38. The van der Waals surface area contributed by atoms with Crippen molar-refractivity contribution in [1.29, 1.82) is 0 Å². The Balaban J connectivity index is 1.37. The van der Waals surface area contributed by atoms with Crippen molar-refractivity contribution in [3.63, 3.8) is 0 Å². The first-order valence-corrected chi connectivity index (χ1v) is 10.5. The predicted molar refractivity (Wildman–Crippen MR) is 111 cm³/mol. The molecule has 0 radical (unpaired) electrons. The molecule has 0 spiro atoms. The second kappa shape index (κ2) is 8.89. The van der Waals surface area contributed by atoms with Gasteiger partial charge in [-0.2, -0.15) is 0 Å². The minimum absolute atomic E-state index is 0.264. The van der Waals surface area contributed by atoms with Crippen molar-refractivity contribution >= 4 is 0 Å². The molecule has 1 saturated heterocycles. The van der Waals surface area contributed by atoms with E-state index in [1.165, 1.54) is 37.8 Å². The van der Waals surface area contributed by atoms with Crippen molar-refractivity contribution in [1.82, 2.24) is 19.9 Å². The number of nitrogens with zero attached hydrogens (tertiary/aromatic N) is 4. The summed E-state index contributed by atoms with van der Waals surface area (Å²) in [6.45, 7) is 5.76. The molecule has 0 unspecified atom stereocenters. The maximum absolute atomic E-state index is 5.81. The van der Waals surface area contributed by atoms with E-state index in [4.69, 9.17) is 4.74 Å². The number of hydrogen-bond acceptors (Lipinski definition) is 4. The third-order valence-corrected chi connectivity index (χ3v) is 5.55. The van der Waals surface area contributed by atoms with Crippen LogP contribution in [0.2, 0.25) is 0 Å². The Morgan fingerprint density at radius 3 is 2.89 bits per heavy atom. The summed E-state index contributed by atoms with van der Waals surface area (Å²) in [5.74, 6) is 7.51. The quantitative estimate of drug-likeness (QED) is 0.722. The highest BCUT2D eigenvalue weighted by Gasteiger charge is 2.22. The third kappa shape index (κ3) is 5.21. The van der Waals surface area contributed by atoms with E-state index in [1.54, 1.807) is 0 Å². The van der Waals surface area contributed by atoms with Crippen LogP contribution in [0.1, 0.15) is 43.2 Å². The van der Waals surface area contributed by atoms with Crippen molar-refractivity contribution in [2.24, 2.45) is 5.92 Å². The first kappa shape index (κ1) is 19.2. The van der Waals surface area contributed by atoms with Crippen molar-refractivity contribution < 1.29 is 4.74 Å². The highest BCUT2D eigenvalue weighted by atomic mass is 16.5. The summed E-state index contributed by atoms with van der Waals surface area (Å²) in [5.41, 5.74) is 4.27. The molecule has 5 heteroatoms. The zero-order chi connectivity index (χ0) is 19.3. The Morgan fingerprint density at radius 1 is 1.25 bits per heavy atom. The summed E-state index contributed by atoms with van der Waals surface area (Å²) in [7, 11) is 2.16. The lowest BCUT2D eigenvalue weighted by atomic mass is 10.0. The molecule has 28 heavy (non-hydrogen) atoms. The Bertz CT molecular complexity index is 853. The summed E-state index contributed by atoms with van der Waals surface area (Å²) in [5, 5.41) is 8.68. The van der Waals surface area contributed by atoms with E-state index in [0.717, 1.165) is 48.9 Å². The highest BCUT2D eigenvalue weighted by Crippen LogP contribution is 2.29. The maximum atomic E-state index is 5.81. The number of aryl methyl sites for hydroxylation is 1. The van der Waals surface area contributed by atoms with Crippen LogP contribution < -0.4 is 0 Å². The van der Waals surface area contributed by atoms with Crippen LogP contribution in [0.4, 0.5) is 0 Å². The van der Waals surface area contributed by atoms with Gasteiger partial charge in [0, 0.05) is 24.3 Å². The van der Waals surface area contributed by atoms with Gasteiger partial charge in [0.2, 0.25) is 0 Å². The van der Waals surface area contributed by atoms with E-state index < -0.39 is 0 Å². The van der Waals surface area contributed by atoms with Gasteiger partial charge in [0.1, 0.15) is 5.69 Å². The second-order valence-electron chi connectivity index (χ2n) is 8.29. The van der Waals surface area contributed by atoms with E-state index in [0.29, 0.717) is 0 Å². The minimum Gasteiger partial charge on any atom is -0.376 e. The Kier molecular flexibility index (Phi) is 6.09. The van der Waals surface area contributed by atoms with Crippen molar-refractivity contribution in [2.45, 2.75) is 51.7 Å². The minimum atomic E-state index is 0.264. The molecule has 1 atom stereocenters. The molecule has 0 bridgehead atoms. The van der Waals surface area contributed by atoms with Crippen LogP contribution in [0.25, 0.3) is 11.3 Å². The van der Waals surface area contributed by atoms with Gasteiger partial charge < -0.3 is 4.74 Å². The van der Waals surface area contributed by atoms with Crippen LogP contribution in [-0.4, -0.2) is 52.7 Å². The highest BCUT2D eigenvalue weighted by molar-refractivity contribution is 5.64. The van der Waals surface area contributed by atoms with E-state index in [2.05, 4.69) is 59.2 Å². The fourth-order valence-corrected chi connectivity index (χ4v) is 3.78. The van der Waals surface area contributed by atoms with Crippen LogP contribution >= 0.6 is 0 Å². The first-order valence-electron chi connectivity index (χ1n) is 10.5. The van der Waals surface area contributed by atoms with Gasteiger partial charge in [-0.05, 0) is 69.7 Å². The molecule has 1 saturated carbocycles. The van der Waals surface area contributed by atoms with Gasteiger partial charge in [-0.3, -0.25) is 4.90 Å². The molecule has 2 aliphatic rings. The van der Waals surface area contributed by atoms with E-state index in [9.17, 15) is 0 Å². The third-order valence-electron chi connectivity index (χ3n) is 5.55. The van der Waals surface area contributed by atoms with Gasteiger partial charge >= 0.3 is 0 Å². The van der Waals surface area contributed by atoms with Gasteiger partial charge in [0.25, 0.3) is 0 Å². The molecule has 2 aromatic rings. The van der Waals surface area contributed by atoms with Gasteiger partial charge in [0.05, 0.1) is 25.4 Å². The van der Waals surface area contributed by atoms with Crippen LogP contribution in [0.15, 0.2) is 24.4 Å². The average molecular weight is 379 g/mol. The zero-order valence-electron chi connectivity index (χ0n) is 17.0. The van der Waals surface area contributed by atoms with Crippen molar-refractivity contribution in [2.75, 3.05) is 26.7 Å². The fraction of sp³-hybridized carbons (Fsp3) is 0.565. The Hall–Kier alpha value is -2.16. The molecule has 0 N–H and O–H groups in total. The normalized spacial score (nSPS) is 19.5. The van der Waals surface area contributed by atoms with Gasteiger partial charge in [-0.1, -0.05) is 23.1 Å². The summed E-state index contributed by atoms with van der Waals surface area (Å²) >= 11 is 0. The number of hydrogen-bond donors (Lipinski definition) is 0. The van der Waals surface area contributed by atoms with Gasteiger partial charge in [0.15, 0.2) is 0 Å². The molecular weight excluding hydrogens is 348 g/mol. The topological polar surface area (TPSA) is 43.2 Å². The zero-order valence-corrected chi connectivity index (χ0v) is 17.0. The van der Waals surface area contributed by atoms with Crippen molar-refractivity contribution in [3.8, 4) is 23.1 Å².